The van der Waals surface area contributed by atoms with Gasteiger partial charge >= 0.3 is 0 Å². The minimum Gasteiger partial charge on any atom is -0.355 e. The second-order valence-corrected chi connectivity index (χ2v) is 7.31. The molecular formula is C18H29IN4OS. The Balaban J connectivity index is 0.00000312. The van der Waals surface area contributed by atoms with Crippen molar-refractivity contribution in [2.45, 2.75) is 38.0 Å². The summed E-state index contributed by atoms with van der Waals surface area (Å²) in [6, 6.07) is 7.71. The summed E-state index contributed by atoms with van der Waals surface area (Å²) in [4.78, 5) is 16.3. The maximum atomic E-state index is 12.0. The van der Waals surface area contributed by atoms with Gasteiger partial charge in [-0.05, 0) is 42.7 Å². The zero-order valence-electron chi connectivity index (χ0n) is 15.0. The van der Waals surface area contributed by atoms with Crippen LogP contribution in [-0.4, -0.2) is 43.0 Å². The van der Waals surface area contributed by atoms with E-state index in [0.717, 1.165) is 24.5 Å². The van der Waals surface area contributed by atoms with Gasteiger partial charge in [0.05, 0.1) is 0 Å². The maximum absolute atomic E-state index is 12.0. The van der Waals surface area contributed by atoms with Crippen LogP contribution in [0, 0.1) is 0 Å². The Morgan fingerprint density at radius 3 is 2.84 bits per heavy atom. The highest BCUT2D eigenvalue weighted by molar-refractivity contribution is 14.0. The van der Waals surface area contributed by atoms with Crippen molar-refractivity contribution in [2.75, 3.05) is 25.9 Å². The molecule has 3 N–H and O–H groups in total. The number of nitrogens with one attached hydrogen (secondary N) is 3. The molecule has 0 radical (unpaired) electrons. The first kappa shape index (κ1) is 22.1. The minimum atomic E-state index is -0.0144. The number of carbonyl (C=O) groups is 1. The molecule has 0 aliphatic carbocycles. The van der Waals surface area contributed by atoms with Crippen LogP contribution in [0.2, 0.25) is 0 Å². The van der Waals surface area contributed by atoms with Crippen LogP contribution in [0.5, 0.6) is 0 Å². The molecule has 5 nitrogen and oxygen atoms in total. The fourth-order valence-electron chi connectivity index (χ4n) is 2.59. The molecule has 1 aromatic rings. The zero-order chi connectivity index (χ0) is 17.2. The third-order valence-electron chi connectivity index (χ3n) is 3.93. The standard InChI is InChI=1S/C18H28N4OS.HI/c1-3-9-20-17(23)15-7-4-6-14(11-15)12-21-18(19-2)22-13-16-8-5-10-24-16;/h4,6-7,11,16H,3,5,8-10,12-13H2,1-2H3,(H,20,23)(H2,19,21,22);1H. The molecule has 2 rings (SSSR count). The predicted octanol–water partition coefficient (Wildman–Crippen LogP) is 3.01. The van der Waals surface area contributed by atoms with E-state index in [1.165, 1.54) is 18.6 Å². The molecule has 0 bridgehead atoms. The van der Waals surface area contributed by atoms with Crippen LogP contribution < -0.4 is 16.0 Å². The molecule has 1 atom stereocenters. The number of amides is 1. The second-order valence-electron chi connectivity index (χ2n) is 5.90. The van der Waals surface area contributed by atoms with Crippen molar-refractivity contribution in [2.24, 2.45) is 4.99 Å². The topological polar surface area (TPSA) is 65.5 Å². The van der Waals surface area contributed by atoms with Gasteiger partial charge in [-0.2, -0.15) is 11.8 Å². The molecule has 0 aromatic heterocycles. The number of rotatable bonds is 7. The summed E-state index contributed by atoms with van der Waals surface area (Å²) in [6.07, 6.45) is 3.54. The summed E-state index contributed by atoms with van der Waals surface area (Å²) < 4.78 is 0. The highest BCUT2D eigenvalue weighted by Crippen LogP contribution is 2.25. The molecule has 140 valence electrons. The van der Waals surface area contributed by atoms with E-state index < -0.39 is 0 Å². The molecule has 1 aromatic carbocycles. The molecule has 1 fully saturated rings. The quantitative estimate of drug-likeness (QED) is 0.322. The number of guanidine groups is 1. The highest BCUT2D eigenvalue weighted by Gasteiger charge is 2.15. The van der Waals surface area contributed by atoms with Crippen molar-refractivity contribution in [3.8, 4) is 0 Å². The first-order valence-electron chi connectivity index (χ1n) is 8.66. The van der Waals surface area contributed by atoms with E-state index in [9.17, 15) is 4.79 Å². The largest absolute Gasteiger partial charge is 0.355 e. The smallest absolute Gasteiger partial charge is 0.251 e. The molecule has 25 heavy (non-hydrogen) atoms. The average molecular weight is 476 g/mol. The SMILES string of the molecule is CCCNC(=O)c1cccc(CNC(=NC)NCC2CCCS2)c1.I. The molecule has 1 saturated heterocycles. The van der Waals surface area contributed by atoms with E-state index in [-0.39, 0.29) is 29.9 Å². The number of hydrogen-bond donors (Lipinski definition) is 3. The maximum Gasteiger partial charge on any atom is 0.251 e. The van der Waals surface area contributed by atoms with E-state index in [1.54, 1.807) is 7.05 Å². The van der Waals surface area contributed by atoms with Crippen LogP contribution in [0.4, 0.5) is 0 Å². The van der Waals surface area contributed by atoms with Crippen LogP contribution in [0.25, 0.3) is 0 Å². The summed E-state index contributed by atoms with van der Waals surface area (Å²) >= 11 is 2.03. The zero-order valence-corrected chi connectivity index (χ0v) is 18.2. The Labute approximate surface area is 172 Å². The fourth-order valence-corrected chi connectivity index (χ4v) is 3.79. The summed E-state index contributed by atoms with van der Waals surface area (Å²) in [5.41, 5.74) is 1.77. The number of nitrogens with zero attached hydrogens (tertiary/aromatic N) is 1. The first-order chi connectivity index (χ1) is 11.7. The van der Waals surface area contributed by atoms with Gasteiger partial charge in [-0.15, -0.1) is 24.0 Å². The first-order valence-corrected chi connectivity index (χ1v) is 9.71. The summed E-state index contributed by atoms with van der Waals surface area (Å²) in [5, 5.41) is 10.3. The number of benzene rings is 1. The van der Waals surface area contributed by atoms with Crippen molar-refractivity contribution in [1.82, 2.24) is 16.0 Å². The lowest BCUT2D eigenvalue weighted by molar-refractivity contribution is 0.0953. The van der Waals surface area contributed by atoms with E-state index >= 15 is 0 Å². The predicted molar refractivity (Wildman–Crippen MR) is 118 cm³/mol. The molecule has 0 spiro atoms. The molecule has 1 amide bonds. The van der Waals surface area contributed by atoms with Gasteiger partial charge in [0, 0.05) is 37.5 Å². The van der Waals surface area contributed by atoms with E-state index in [4.69, 9.17) is 0 Å². The second kappa shape index (κ2) is 12.4. The van der Waals surface area contributed by atoms with Crippen molar-refractivity contribution in [1.29, 1.82) is 0 Å². The van der Waals surface area contributed by atoms with Crippen LogP contribution in [0.15, 0.2) is 29.3 Å². The summed E-state index contributed by atoms with van der Waals surface area (Å²) in [5.74, 6) is 2.06. The van der Waals surface area contributed by atoms with E-state index in [1.807, 2.05) is 43.0 Å². The normalized spacial score (nSPS) is 16.9. The molecule has 7 heteroatoms. The molecule has 1 unspecified atom stereocenters. The van der Waals surface area contributed by atoms with Gasteiger partial charge in [-0.3, -0.25) is 9.79 Å². The van der Waals surface area contributed by atoms with Gasteiger partial charge in [0.1, 0.15) is 0 Å². The van der Waals surface area contributed by atoms with Gasteiger partial charge < -0.3 is 16.0 Å². The summed E-state index contributed by atoms with van der Waals surface area (Å²) in [6.45, 7) is 4.34. The Morgan fingerprint density at radius 1 is 1.32 bits per heavy atom. The van der Waals surface area contributed by atoms with E-state index in [0.29, 0.717) is 23.9 Å². The van der Waals surface area contributed by atoms with Crippen LogP contribution in [0.1, 0.15) is 42.1 Å². The molecular weight excluding hydrogens is 447 g/mol. The van der Waals surface area contributed by atoms with Gasteiger partial charge in [-0.1, -0.05) is 19.1 Å². The number of thioether (sulfide) groups is 1. The Bertz CT molecular complexity index is 562. The highest BCUT2D eigenvalue weighted by atomic mass is 127. The Kier molecular flexibility index (Phi) is 11.0. The Morgan fingerprint density at radius 2 is 2.16 bits per heavy atom. The lowest BCUT2D eigenvalue weighted by Gasteiger charge is -2.15. The number of halogens is 1. The van der Waals surface area contributed by atoms with Crippen molar-refractivity contribution >= 4 is 47.6 Å². The van der Waals surface area contributed by atoms with Crippen molar-refractivity contribution in [3.05, 3.63) is 35.4 Å². The number of aliphatic imine (C=N–C) groups is 1. The third-order valence-corrected chi connectivity index (χ3v) is 5.33. The van der Waals surface area contributed by atoms with Gasteiger partial charge in [0.25, 0.3) is 5.91 Å². The average Bonchev–Trinajstić information content (AvgIpc) is 3.13. The molecule has 1 aliphatic heterocycles. The van der Waals surface area contributed by atoms with Crippen LogP contribution >= 0.6 is 35.7 Å². The van der Waals surface area contributed by atoms with Crippen LogP contribution in [0.3, 0.4) is 0 Å². The van der Waals surface area contributed by atoms with Gasteiger partial charge in [0.2, 0.25) is 0 Å². The van der Waals surface area contributed by atoms with Gasteiger partial charge in [-0.25, -0.2) is 0 Å². The van der Waals surface area contributed by atoms with E-state index in [2.05, 4.69) is 20.9 Å². The minimum absolute atomic E-state index is 0. The van der Waals surface area contributed by atoms with Gasteiger partial charge in [0.15, 0.2) is 5.96 Å². The monoisotopic (exact) mass is 476 g/mol. The van der Waals surface area contributed by atoms with Crippen molar-refractivity contribution in [3.63, 3.8) is 0 Å². The molecule has 1 heterocycles. The molecule has 1 aliphatic rings. The Hall–Kier alpha value is -0.960. The van der Waals surface area contributed by atoms with Crippen LogP contribution in [-0.2, 0) is 6.54 Å². The fraction of sp³-hybridized carbons (Fsp3) is 0.556. The third kappa shape index (κ3) is 7.85. The molecule has 0 saturated carbocycles. The lowest BCUT2D eigenvalue weighted by Crippen LogP contribution is -2.39. The summed E-state index contributed by atoms with van der Waals surface area (Å²) in [7, 11) is 1.78. The lowest BCUT2D eigenvalue weighted by atomic mass is 10.1. The number of hydrogen-bond acceptors (Lipinski definition) is 3. The number of carbonyl (C=O) groups excluding carboxylic acids is 1. The van der Waals surface area contributed by atoms with Crippen molar-refractivity contribution < 1.29 is 4.79 Å².